The van der Waals surface area contributed by atoms with Gasteiger partial charge in [0.25, 0.3) is 0 Å². The summed E-state index contributed by atoms with van der Waals surface area (Å²) >= 11 is 0. The van der Waals surface area contributed by atoms with Gasteiger partial charge < -0.3 is 10.1 Å². The molecule has 4 heteroatoms. The van der Waals surface area contributed by atoms with E-state index in [1.165, 1.54) is 16.7 Å². The summed E-state index contributed by atoms with van der Waals surface area (Å²) in [6.07, 6.45) is 2.83. The Kier molecular flexibility index (Phi) is 2.80. The molecule has 0 amide bonds. The molecule has 0 atom stereocenters. The van der Waals surface area contributed by atoms with Gasteiger partial charge in [0.05, 0.1) is 13.3 Å². The summed E-state index contributed by atoms with van der Waals surface area (Å²) in [5.74, 6) is 0.837. The van der Waals surface area contributed by atoms with Crippen LogP contribution in [-0.2, 0) is 20.0 Å². The number of hydrogen-bond acceptors (Lipinski definition) is 3. The maximum absolute atomic E-state index is 5.41. The fourth-order valence-electron chi connectivity index (χ4n) is 2.63. The Labute approximate surface area is 107 Å². The Morgan fingerprint density at radius 1 is 1.39 bits per heavy atom. The molecule has 4 nitrogen and oxygen atoms in total. The number of hydrogen-bond donors (Lipinski definition) is 1. The van der Waals surface area contributed by atoms with Crippen LogP contribution in [0.25, 0.3) is 11.3 Å². The van der Waals surface area contributed by atoms with Crippen LogP contribution in [-0.4, -0.2) is 23.4 Å². The third-order valence-corrected chi connectivity index (χ3v) is 3.52. The molecule has 0 aliphatic carbocycles. The minimum Gasteiger partial charge on any atom is -0.493 e. The first-order valence-electron chi connectivity index (χ1n) is 6.19. The van der Waals surface area contributed by atoms with Gasteiger partial charge in [0.2, 0.25) is 0 Å². The molecular weight excluding hydrogens is 226 g/mol. The average Bonchev–Trinajstić information content (AvgIpc) is 2.79. The second-order valence-electron chi connectivity index (χ2n) is 4.56. The van der Waals surface area contributed by atoms with E-state index in [1.807, 2.05) is 11.7 Å². The first kappa shape index (κ1) is 11.3. The molecule has 1 aromatic heterocycles. The number of aryl methyl sites for hydroxylation is 1. The molecule has 18 heavy (non-hydrogen) atoms. The van der Waals surface area contributed by atoms with E-state index < -0.39 is 0 Å². The van der Waals surface area contributed by atoms with Gasteiger partial charge >= 0.3 is 0 Å². The number of aromatic nitrogens is 2. The summed E-state index contributed by atoms with van der Waals surface area (Å²) in [7, 11) is 3.65. The summed E-state index contributed by atoms with van der Waals surface area (Å²) in [5, 5.41) is 7.69. The third kappa shape index (κ3) is 1.69. The van der Waals surface area contributed by atoms with E-state index in [0.29, 0.717) is 0 Å². The van der Waals surface area contributed by atoms with Gasteiger partial charge in [-0.3, -0.25) is 4.68 Å². The van der Waals surface area contributed by atoms with Crippen LogP contribution in [0.5, 0.6) is 5.75 Å². The highest BCUT2D eigenvalue weighted by Crippen LogP contribution is 2.34. The first-order valence-corrected chi connectivity index (χ1v) is 6.19. The number of fused-ring (bicyclic) bond motifs is 1. The maximum Gasteiger partial charge on any atom is 0.164 e. The third-order valence-electron chi connectivity index (χ3n) is 3.52. The van der Waals surface area contributed by atoms with Gasteiger partial charge in [0, 0.05) is 19.2 Å². The normalized spacial score (nSPS) is 14.3. The van der Waals surface area contributed by atoms with Crippen molar-refractivity contribution in [3.05, 3.63) is 35.5 Å². The molecule has 1 aliphatic heterocycles. The molecule has 2 aromatic rings. The topological polar surface area (TPSA) is 39.1 Å². The lowest BCUT2D eigenvalue weighted by atomic mass is 9.93. The fraction of sp³-hybridized carbons (Fsp3) is 0.357. The van der Waals surface area contributed by atoms with Crippen LogP contribution in [0, 0.1) is 0 Å². The molecule has 94 valence electrons. The Morgan fingerprint density at radius 2 is 2.28 bits per heavy atom. The summed E-state index contributed by atoms with van der Waals surface area (Å²) in [5.41, 5.74) is 5.10. The van der Waals surface area contributed by atoms with Crippen molar-refractivity contribution < 1.29 is 4.74 Å². The molecule has 1 aromatic carbocycles. The fourth-order valence-corrected chi connectivity index (χ4v) is 2.63. The van der Waals surface area contributed by atoms with E-state index in [1.54, 1.807) is 13.3 Å². The molecule has 1 aliphatic rings. The lowest BCUT2D eigenvalue weighted by molar-refractivity contribution is 0.416. The number of nitrogens with zero attached hydrogens (tertiary/aromatic N) is 2. The maximum atomic E-state index is 5.41. The van der Waals surface area contributed by atoms with E-state index in [0.717, 1.165) is 31.0 Å². The van der Waals surface area contributed by atoms with Crippen molar-refractivity contribution in [2.45, 2.75) is 13.0 Å². The molecule has 0 bridgehead atoms. The van der Waals surface area contributed by atoms with Crippen LogP contribution in [0.1, 0.15) is 11.1 Å². The number of benzene rings is 1. The average molecular weight is 243 g/mol. The van der Waals surface area contributed by atoms with Gasteiger partial charge in [-0.15, -0.1) is 0 Å². The van der Waals surface area contributed by atoms with Crippen LogP contribution in [0.2, 0.25) is 0 Å². The molecule has 1 N–H and O–H groups in total. The van der Waals surface area contributed by atoms with E-state index in [4.69, 9.17) is 4.74 Å². The van der Waals surface area contributed by atoms with Gasteiger partial charge in [0.15, 0.2) is 5.75 Å². The molecule has 0 fully saturated rings. The van der Waals surface area contributed by atoms with Crippen molar-refractivity contribution >= 4 is 0 Å². The predicted octanol–water partition coefficient (Wildman–Crippen LogP) is 1.74. The first-order chi connectivity index (χ1) is 8.81. The van der Waals surface area contributed by atoms with Crippen molar-refractivity contribution in [3.63, 3.8) is 0 Å². The molecule has 0 unspecified atom stereocenters. The van der Waals surface area contributed by atoms with Gasteiger partial charge in [-0.2, -0.15) is 5.10 Å². The van der Waals surface area contributed by atoms with Crippen molar-refractivity contribution in [1.82, 2.24) is 15.1 Å². The largest absolute Gasteiger partial charge is 0.493 e. The Hall–Kier alpha value is -1.81. The highest BCUT2D eigenvalue weighted by molar-refractivity contribution is 5.71. The highest BCUT2D eigenvalue weighted by atomic mass is 16.5. The number of methoxy groups -OCH3 is 1. The number of ether oxygens (including phenoxy) is 1. The SMILES string of the molecule is COc1cnn(C)c1-c1cccc2c1CCNC2. The zero-order valence-electron chi connectivity index (χ0n) is 10.7. The summed E-state index contributed by atoms with van der Waals surface area (Å²) in [6, 6.07) is 6.45. The van der Waals surface area contributed by atoms with Crippen LogP contribution < -0.4 is 10.1 Å². The zero-order valence-corrected chi connectivity index (χ0v) is 10.7. The van der Waals surface area contributed by atoms with Crippen LogP contribution in [0.4, 0.5) is 0 Å². The summed E-state index contributed by atoms with van der Waals surface area (Å²) in [4.78, 5) is 0. The smallest absolute Gasteiger partial charge is 0.164 e. The van der Waals surface area contributed by atoms with Gasteiger partial charge in [0.1, 0.15) is 5.69 Å². The lowest BCUT2D eigenvalue weighted by Gasteiger charge is -2.20. The van der Waals surface area contributed by atoms with Gasteiger partial charge in [-0.25, -0.2) is 0 Å². The molecule has 0 radical (unpaired) electrons. The van der Waals surface area contributed by atoms with Crippen molar-refractivity contribution in [1.29, 1.82) is 0 Å². The van der Waals surface area contributed by atoms with E-state index in [2.05, 4.69) is 28.6 Å². The highest BCUT2D eigenvalue weighted by Gasteiger charge is 2.18. The van der Waals surface area contributed by atoms with Crippen LogP contribution in [0.15, 0.2) is 24.4 Å². The number of rotatable bonds is 2. The monoisotopic (exact) mass is 243 g/mol. The zero-order chi connectivity index (χ0) is 12.5. The lowest BCUT2D eigenvalue weighted by Crippen LogP contribution is -2.24. The summed E-state index contributed by atoms with van der Waals surface area (Å²) in [6.45, 7) is 1.98. The molecular formula is C14H17N3O. The van der Waals surface area contributed by atoms with Gasteiger partial charge in [-0.05, 0) is 24.1 Å². The number of nitrogens with one attached hydrogen (secondary N) is 1. The molecule has 0 saturated carbocycles. The minimum absolute atomic E-state index is 0.837. The predicted molar refractivity (Wildman–Crippen MR) is 70.6 cm³/mol. The molecule has 3 rings (SSSR count). The van der Waals surface area contributed by atoms with E-state index in [-0.39, 0.29) is 0 Å². The molecule has 2 heterocycles. The summed E-state index contributed by atoms with van der Waals surface area (Å²) < 4.78 is 7.30. The van der Waals surface area contributed by atoms with E-state index >= 15 is 0 Å². The minimum atomic E-state index is 0.837. The van der Waals surface area contributed by atoms with Crippen molar-refractivity contribution in [3.8, 4) is 17.0 Å². The van der Waals surface area contributed by atoms with Gasteiger partial charge in [-0.1, -0.05) is 18.2 Å². The molecule has 0 saturated heterocycles. The van der Waals surface area contributed by atoms with Crippen LogP contribution in [0.3, 0.4) is 0 Å². The molecule has 0 spiro atoms. The Balaban J connectivity index is 2.19. The second kappa shape index (κ2) is 4.46. The quantitative estimate of drug-likeness (QED) is 0.873. The van der Waals surface area contributed by atoms with Crippen LogP contribution >= 0.6 is 0 Å². The van der Waals surface area contributed by atoms with E-state index in [9.17, 15) is 0 Å². The Morgan fingerprint density at radius 3 is 3.11 bits per heavy atom. The second-order valence-corrected chi connectivity index (χ2v) is 4.56. The van der Waals surface area contributed by atoms with Crippen molar-refractivity contribution in [2.24, 2.45) is 7.05 Å². The standard InChI is InChI=1S/C14H17N3O/c1-17-14(13(18-2)9-16-17)12-5-3-4-10-8-15-7-6-11(10)12/h3-5,9,15H,6-8H2,1-2H3. The van der Waals surface area contributed by atoms with Crippen molar-refractivity contribution in [2.75, 3.05) is 13.7 Å². The Bertz CT molecular complexity index is 574.